The molecule has 0 bridgehead atoms. The summed E-state index contributed by atoms with van der Waals surface area (Å²) in [6, 6.07) is 11.3. The van der Waals surface area contributed by atoms with Gasteiger partial charge in [0.25, 0.3) is 5.91 Å². The van der Waals surface area contributed by atoms with Gasteiger partial charge in [0.15, 0.2) is 0 Å². The zero-order valence-electron chi connectivity index (χ0n) is 19.0. The van der Waals surface area contributed by atoms with E-state index in [2.05, 4.69) is 26.7 Å². The number of hydrogen-bond donors (Lipinski definition) is 3. The van der Waals surface area contributed by atoms with E-state index in [1.807, 2.05) is 37.3 Å². The number of aromatic nitrogens is 2. The fraction of sp³-hybridized carbons (Fsp3) is 0.400. The second kappa shape index (κ2) is 8.86. The Labute approximate surface area is 192 Å². The van der Waals surface area contributed by atoms with Gasteiger partial charge in [-0.3, -0.25) is 4.79 Å². The topological polar surface area (TPSA) is 99.3 Å². The molecule has 1 aliphatic heterocycles. The van der Waals surface area contributed by atoms with E-state index in [9.17, 15) is 9.59 Å². The first-order valence-electron chi connectivity index (χ1n) is 11.5. The van der Waals surface area contributed by atoms with Crippen molar-refractivity contribution < 1.29 is 14.3 Å². The summed E-state index contributed by atoms with van der Waals surface area (Å²) < 4.78 is 5.02. The van der Waals surface area contributed by atoms with Gasteiger partial charge in [-0.05, 0) is 68.0 Å². The number of ether oxygens (including phenoxy) is 1. The Hall–Kier alpha value is -3.39. The van der Waals surface area contributed by atoms with Crippen molar-refractivity contribution in [2.24, 2.45) is 0 Å². The number of anilines is 2. The van der Waals surface area contributed by atoms with Gasteiger partial charge in [0, 0.05) is 30.9 Å². The van der Waals surface area contributed by atoms with E-state index in [1.54, 1.807) is 4.90 Å². The van der Waals surface area contributed by atoms with Crippen molar-refractivity contribution in [2.75, 3.05) is 30.5 Å². The first kappa shape index (κ1) is 21.5. The number of nitrogens with zero attached hydrogens (tertiary/aromatic N) is 2. The Morgan fingerprint density at radius 1 is 1.24 bits per heavy atom. The number of aromatic amines is 1. The summed E-state index contributed by atoms with van der Waals surface area (Å²) in [5.74, 6) is 1.55. The van der Waals surface area contributed by atoms with Crippen LogP contribution in [0, 0.1) is 0 Å². The number of rotatable bonds is 6. The van der Waals surface area contributed by atoms with Crippen molar-refractivity contribution in [3.05, 3.63) is 53.3 Å². The van der Waals surface area contributed by atoms with E-state index < -0.39 is 0 Å². The largest absolute Gasteiger partial charge is 0.375 e. The molecule has 3 N–H and O–H groups in total. The minimum atomic E-state index is -0.295. The van der Waals surface area contributed by atoms with E-state index in [-0.39, 0.29) is 24.6 Å². The molecule has 8 nitrogen and oxygen atoms in total. The van der Waals surface area contributed by atoms with Gasteiger partial charge in [-0.25, -0.2) is 9.78 Å². The second-order valence-corrected chi connectivity index (χ2v) is 8.92. The average molecular weight is 448 g/mol. The number of methoxy groups -OCH3 is 1. The van der Waals surface area contributed by atoms with Crippen LogP contribution in [-0.4, -0.2) is 42.2 Å². The Kier molecular flexibility index (Phi) is 5.76. The summed E-state index contributed by atoms with van der Waals surface area (Å²) >= 11 is 0. The Morgan fingerprint density at radius 3 is 2.88 bits per heavy atom. The number of imidazole rings is 1. The molecule has 1 fully saturated rings. The van der Waals surface area contributed by atoms with E-state index in [4.69, 9.17) is 4.74 Å². The van der Waals surface area contributed by atoms with Gasteiger partial charge in [0.05, 0.1) is 17.1 Å². The van der Waals surface area contributed by atoms with Crippen LogP contribution >= 0.6 is 0 Å². The smallest absolute Gasteiger partial charge is 0.319 e. The maximum absolute atomic E-state index is 12.7. The molecular weight excluding hydrogens is 418 g/mol. The monoisotopic (exact) mass is 447 g/mol. The van der Waals surface area contributed by atoms with Gasteiger partial charge in [0.2, 0.25) is 0 Å². The van der Waals surface area contributed by atoms with Crippen molar-refractivity contribution in [1.29, 1.82) is 0 Å². The van der Waals surface area contributed by atoms with Crippen LogP contribution in [0.25, 0.3) is 11.0 Å². The summed E-state index contributed by atoms with van der Waals surface area (Å²) in [6.45, 7) is 2.65. The highest BCUT2D eigenvalue weighted by molar-refractivity contribution is 5.97. The normalized spacial score (nSPS) is 16.4. The molecule has 1 saturated carbocycles. The third-order valence-corrected chi connectivity index (χ3v) is 6.37. The SMILES string of the molecule is COCC(=O)N1CCCc2ccc(NC(=O)NC(C)c3ccc4nc(C5CC5)[nH]c4c3)cc21. The van der Waals surface area contributed by atoms with Gasteiger partial charge >= 0.3 is 6.03 Å². The van der Waals surface area contributed by atoms with E-state index in [1.165, 1.54) is 20.0 Å². The van der Waals surface area contributed by atoms with E-state index in [0.717, 1.165) is 46.5 Å². The zero-order valence-corrected chi connectivity index (χ0v) is 19.0. The molecule has 1 unspecified atom stereocenters. The van der Waals surface area contributed by atoms with Gasteiger partial charge in [0.1, 0.15) is 12.4 Å². The molecule has 2 heterocycles. The Morgan fingerprint density at radius 2 is 2.09 bits per heavy atom. The number of aryl methyl sites for hydroxylation is 1. The quantitative estimate of drug-likeness (QED) is 0.526. The summed E-state index contributed by atoms with van der Waals surface area (Å²) in [6.07, 6.45) is 4.22. The van der Waals surface area contributed by atoms with Crippen molar-refractivity contribution >= 4 is 34.3 Å². The molecular formula is C25H29N5O3. The fourth-order valence-electron chi connectivity index (χ4n) is 4.43. The predicted octanol–water partition coefficient (Wildman–Crippen LogP) is 4.25. The van der Waals surface area contributed by atoms with Gasteiger partial charge < -0.3 is 25.3 Å². The molecule has 1 aliphatic carbocycles. The number of nitrogens with one attached hydrogen (secondary N) is 3. The number of urea groups is 1. The van der Waals surface area contributed by atoms with Gasteiger partial charge in [-0.15, -0.1) is 0 Å². The molecule has 0 radical (unpaired) electrons. The van der Waals surface area contributed by atoms with Crippen molar-refractivity contribution in [3.8, 4) is 0 Å². The number of carbonyl (C=O) groups is 2. The minimum Gasteiger partial charge on any atom is -0.375 e. The highest BCUT2D eigenvalue weighted by Crippen LogP contribution is 2.39. The van der Waals surface area contributed by atoms with Crippen molar-refractivity contribution in [1.82, 2.24) is 15.3 Å². The van der Waals surface area contributed by atoms with Crippen LogP contribution in [0.2, 0.25) is 0 Å². The van der Waals surface area contributed by atoms with Gasteiger partial charge in [-0.1, -0.05) is 12.1 Å². The lowest BCUT2D eigenvalue weighted by Gasteiger charge is -2.30. The molecule has 1 aromatic heterocycles. The molecule has 1 atom stereocenters. The number of amides is 3. The van der Waals surface area contributed by atoms with Crippen LogP contribution in [0.3, 0.4) is 0 Å². The standard InChI is InChI=1S/C25H29N5O3/c1-15(18-8-10-20-21(12-18)29-24(28-20)17-5-6-17)26-25(32)27-19-9-7-16-4-3-11-30(22(16)13-19)23(31)14-33-2/h7-10,12-13,15,17H,3-6,11,14H2,1-2H3,(H,28,29)(H2,26,27,32). The van der Waals surface area contributed by atoms with Crippen LogP contribution in [0.5, 0.6) is 0 Å². The van der Waals surface area contributed by atoms with Crippen LogP contribution in [-0.2, 0) is 16.0 Å². The average Bonchev–Trinajstić information content (AvgIpc) is 3.57. The number of fused-ring (bicyclic) bond motifs is 2. The third-order valence-electron chi connectivity index (χ3n) is 6.37. The molecule has 5 rings (SSSR count). The summed E-state index contributed by atoms with van der Waals surface area (Å²) in [5, 5.41) is 5.91. The molecule has 8 heteroatoms. The van der Waals surface area contributed by atoms with Crippen LogP contribution < -0.4 is 15.5 Å². The summed E-state index contributed by atoms with van der Waals surface area (Å²) in [7, 11) is 1.52. The number of carbonyl (C=O) groups excluding carboxylic acids is 2. The lowest BCUT2D eigenvalue weighted by molar-refractivity contribution is -0.122. The zero-order chi connectivity index (χ0) is 22.9. The molecule has 0 spiro atoms. The lowest BCUT2D eigenvalue weighted by Crippen LogP contribution is -2.38. The molecule has 3 amide bonds. The molecule has 0 saturated heterocycles. The third kappa shape index (κ3) is 4.57. The van der Waals surface area contributed by atoms with Crippen LogP contribution in [0.4, 0.5) is 16.2 Å². The number of hydrogen-bond acceptors (Lipinski definition) is 4. The molecule has 33 heavy (non-hydrogen) atoms. The molecule has 2 aliphatic rings. The van der Waals surface area contributed by atoms with Crippen LogP contribution in [0.1, 0.15) is 55.1 Å². The minimum absolute atomic E-state index is 0.0396. The molecule has 172 valence electrons. The lowest BCUT2D eigenvalue weighted by atomic mass is 10.0. The molecule has 2 aromatic carbocycles. The second-order valence-electron chi connectivity index (χ2n) is 8.92. The fourth-order valence-corrected chi connectivity index (χ4v) is 4.43. The predicted molar refractivity (Wildman–Crippen MR) is 128 cm³/mol. The first-order valence-corrected chi connectivity index (χ1v) is 11.5. The number of H-pyrrole nitrogens is 1. The summed E-state index contributed by atoms with van der Waals surface area (Å²) in [5.41, 5.74) is 5.55. The van der Waals surface area contributed by atoms with Crippen molar-refractivity contribution in [3.63, 3.8) is 0 Å². The highest BCUT2D eigenvalue weighted by atomic mass is 16.5. The highest BCUT2D eigenvalue weighted by Gasteiger charge is 2.27. The van der Waals surface area contributed by atoms with E-state index in [0.29, 0.717) is 18.2 Å². The van der Waals surface area contributed by atoms with Gasteiger partial charge in [-0.2, -0.15) is 0 Å². The van der Waals surface area contributed by atoms with E-state index >= 15 is 0 Å². The maximum atomic E-state index is 12.7. The van der Waals surface area contributed by atoms with Crippen LogP contribution in [0.15, 0.2) is 36.4 Å². The Bertz CT molecular complexity index is 1200. The number of benzene rings is 2. The first-order chi connectivity index (χ1) is 16.0. The maximum Gasteiger partial charge on any atom is 0.319 e. The Balaban J connectivity index is 1.26. The van der Waals surface area contributed by atoms with Crippen molar-refractivity contribution in [2.45, 2.75) is 44.6 Å². The molecule has 3 aromatic rings. The summed E-state index contributed by atoms with van der Waals surface area (Å²) in [4.78, 5) is 35.0.